The van der Waals surface area contributed by atoms with Crippen LogP contribution in [0.15, 0.2) is 12.7 Å². The average Bonchev–Trinajstić information content (AvgIpc) is 2.09. The van der Waals surface area contributed by atoms with E-state index in [2.05, 4.69) is 13.5 Å². The van der Waals surface area contributed by atoms with Crippen LogP contribution in [0.25, 0.3) is 0 Å². The van der Waals surface area contributed by atoms with Crippen molar-refractivity contribution in [1.29, 1.82) is 0 Å². The predicted octanol–water partition coefficient (Wildman–Crippen LogP) is 2.18. The Morgan fingerprint density at radius 1 is 1.80 bits per heavy atom. The number of carbonyl (C=O) groups excluding carboxylic acids is 1. The van der Waals surface area contributed by atoms with Crippen molar-refractivity contribution >= 4 is 5.78 Å². The Kier molecular flexibility index (Phi) is 1.67. The molecule has 0 bridgehead atoms. The Balaban J connectivity index is 2.80. The maximum Gasteiger partial charge on any atom is 0.142 e. The lowest BCUT2D eigenvalue weighted by Gasteiger charge is -2.15. The molecular weight excluding hydrogens is 124 g/mol. The summed E-state index contributed by atoms with van der Waals surface area (Å²) in [4.78, 5) is 11.3. The van der Waals surface area contributed by atoms with Crippen LogP contribution in [-0.4, -0.2) is 5.78 Å². The molecular formula is C9H14O. The highest BCUT2D eigenvalue weighted by atomic mass is 16.1. The molecule has 1 heteroatoms. The molecule has 1 aliphatic rings. The minimum atomic E-state index is -0.209. The van der Waals surface area contributed by atoms with Gasteiger partial charge in [-0.1, -0.05) is 13.0 Å². The molecule has 0 amide bonds. The maximum atomic E-state index is 11.3. The van der Waals surface area contributed by atoms with Gasteiger partial charge in [0.15, 0.2) is 0 Å². The number of hydrogen-bond donors (Lipinski definition) is 0. The second-order valence-corrected chi connectivity index (χ2v) is 3.56. The highest BCUT2D eigenvalue weighted by Gasteiger charge is 2.38. The predicted molar refractivity (Wildman–Crippen MR) is 41.7 cm³/mol. The number of carbonyl (C=O) groups is 1. The van der Waals surface area contributed by atoms with E-state index >= 15 is 0 Å². The quantitative estimate of drug-likeness (QED) is 0.507. The Morgan fingerprint density at radius 3 is 2.60 bits per heavy atom. The van der Waals surface area contributed by atoms with E-state index in [1.807, 2.05) is 6.92 Å². The second kappa shape index (κ2) is 2.22. The zero-order chi connectivity index (χ0) is 7.78. The molecule has 1 saturated carbocycles. The Hall–Kier alpha value is -0.590. The summed E-state index contributed by atoms with van der Waals surface area (Å²) >= 11 is 0. The molecule has 0 aliphatic heterocycles. The standard InChI is InChI=1S/C9H14O/c1-4-9(3)6-7(2)5-8(9)10/h4,7H,1,5-6H2,2-3H3. The van der Waals surface area contributed by atoms with Crippen molar-refractivity contribution in [1.82, 2.24) is 0 Å². The van der Waals surface area contributed by atoms with Gasteiger partial charge in [-0.25, -0.2) is 0 Å². The van der Waals surface area contributed by atoms with Crippen molar-refractivity contribution in [2.45, 2.75) is 26.7 Å². The van der Waals surface area contributed by atoms with Crippen LogP contribution < -0.4 is 0 Å². The number of allylic oxidation sites excluding steroid dienone is 1. The Labute approximate surface area is 62.1 Å². The van der Waals surface area contributed by atoms with Gasteiger partial charge >= 0.3 is 0 Å². The van der Waals surface area contributed by atoms with Crippen molar-refractivity contribution in [2.75, 3.05) is 0 Å². The summed E-state index contributed by atoms with van der Waals surface area (Å²) in [6.45, 7) is 7.77. The summed E-state index contributed by atoms with van der Waals surface area (Å²) in [6.07, 6.45) is 3.51. The minimum absolute atomic E-state index is 0.209. The first-order valence-electron chi connectivity index (χ1n) is 3.75. The molecule has 1 fully saturated rings. The first kappa shape index (κ1) is 7.52. The van der Waals surface area contributed by atoms with Crippen LogP contribution in [0.4, 0.5) is 0 Å². The molecule has 0 aromatic heterocycles. The van der Waals surface area contributed by atoms with Crippen LogP contribution >= 0.6 is 0 Å². The molecule has 1 nitrogen and oxygen atoms in total. The van der Waals surface area contributed by atoms with Gasteiger partial charge in [0.1, 0.15) is 5.78 Å². The zero-order valence-electron chi connectivity index (χ0n) is 6.68. The summed E-state index contributed by atoms with van der Waals surface area (Å²) in [6, 6.07) is 0. The fraction of sp³-hybridized carbons (Fsp3) is 0.667. The number of Topliss-reactive ketones (excluding diaryl/α,β-unsaturated/α-hetero) is 1. The highest BCUT2D eigenvalue weighted by Crippen LogP contribution is 2.38. The molecule has 2 atom stereocenters. The molecule has 0 aromatic carbocycles. The molecule has 2 unspecified atom stereocenters. The van der Waals surface area contributed by atoms with E-state index in [1.54, 1.807) is 6.08 Å². The van der Waals surface area contributed by atoms with E-state index in [0.29, 0.717) is 11.7 Å². The van der Waals surface area contributed by atoms with Crippen LogP contribution in [0, 0.1) is 11.3 Å². The number of rotatable bonds is 1. The molecule has 0 radical (unpaired) electrons. The van der Waals surface area contributed by atoms with Gasteiger partial charge in [-0.2, -0.15) is 0 Å². The second-order valence-electron chi connectivity index (χ2n) is 3.56. The van der Waals surface area contributed by atoms with Crippen molar-refractivity contribution in [3.05, 3.63) is 12.7 Å². The molecule has 0 aromatic rings. The Bertz CT molecular complexity index is 172. The van der Waals surface area contributed by atoms with Crippen molar-refractivity contribution in [3.8, 4) is 0 Å². The summed E-state index contributed by atoms with van der Waals surface area (Å²) in [5.41, 5.74) is -0.209. The molecule has 56 valence electrons. The summed E-state index contributed by atoms with van der Waals surface area (Å²) in [5.74, 6) is 0.908. The maximum absolute atomic E-state index is 11.3. The molecule has 1 rings (SSSR count). The van der Waals surface area contributed by atoms with Crippen molar-refractivity contribution in [3.63, 3.8) is 0 Å². The first-order chi connectivity index (χ1) is 4.58. The van der Waals surface area contributed by atoms with Crippen molar-refractivity contribution in [2.24, 2.45) is 11.3 Å². The minimum Gasteiger partial charge on any atom is -0.299 e. The molecule has 0 N–H and O–H groups in total. The van der Waals surface area contributed by atoms with E-state index in [9.17, 15) is 4.79 Å². The lowest BCUT2D eigenvalue weighted by molar-refractivity contribution is -0.123. The van der Waals surface area contributed by atoms with Gasteiger partial charge < -0.3 is 0 Å². The van der Waals surface area contributed by atoms with E-state index < -0.39 is 0 Å². The van der Waals surface area contributed by atoms with Gasteiger partial charge in [0.25, 0.3) is 0 Å². The van der Waals surface area contributed by atoms with Crippen LogP contribution in [-0.2, 0) is 4.79 Å². The van der Waals surface area contributed by atoms with Gasteiger partial charge in [-0.3, -0.25) is 4.79 Å². The van der Waals surface area contributed by atoms with Gasteiger partial charge in [0.05, 0.1) is 0 Å². The average molecular weight is 138 g/mol. The van der Waals surface area contributed by atoms with Crippen LogP contribution in [0.1, 0.15) is 26.7 Å². The van der Waals surface area contributed by atoms with Gasteiger partial charge in [-0.15, -0.1) is 6.58 Å². The van der Waals surface area contributed by atoms with Gasteiger partial charge in [-0.05, 0) is 19.3 Å². The van der Waals surface area contributed by atoms with Gasteiger partial charge in [0, 0.05) is 11.8 Å². The highest BCUT2D eigenvalue weighted by molar-refractivity contribution is 5.88. The van der Waals surface area contributed by atoms with E-state index in [-0.39, 0.29) is 5.41 Å². The zero-order valence-corrected chi connectivity index (χ0v) is 6.68. The first-order valence-corrected chi connectivity index (χ1v) is 3.75. The molecule has 0 saturated heterocycles. The number of hydrogen-bond acceptors (Lipinski definition) is 1. The van der Waals surface area contributed by atoms with Crippen LogP contribution in [0.3, 0.4) is 0 Å². The van der Waals surface area contributed by atoms with E-state index in [1.165, 1.54) is 0 Å². The van der Waals surface area contributed by atoms with E-state index in [0.717, 1.165) is 12.8 Å². The third-order valence-corrected chi connectivity index (χ3v) is 2.39. The topological polar surface area (TPSA) is 17.1 Å². The smallest absolute Gasteiger partial charge is 0.142 e. The monoisotopic (exact) mass is 138 g/mol. The summed E-state index contributed by atoms with van der Waals surface area (Å²) in [7, 11) is 0. The summed E-state index contributed by atoms with van der Waals surface area (Å²) < 4.78 is 0. The van der Waals surface area contributed by atoms with Crippen molar-refractivity contribution < 1.29 is 4.79 Å². The third-order valence-electron chi connectivity index (χ3n) is 2.39. The van der Waals surface area contributed by atoms with Crippen LogP contribution in [0.2, 0.25) is 0 Å². The fourth-order valence-electron chi connectivity index (χ4n) is 1.66. The third kappa shape index (κ3) is 1.00. The fourth-order valence-corrected chi connectivity index (χ4v) is 1.66. The SMILES string of the molecule is C=CC1(C)CC(C)CC1=O. The van der Waals surface area contributed by atoms with Gasteiger partial charge in [0.2, 0.25) is 0 Å². The number of ketones is 1. The molecule has 0 spiro atoms. The lowest BCUT2D eigenvalue weighted by Crippen LogP contribution is -2.17. The summed E-state index contributed by atoms with van der Waals surface area (Å²) in [5, 5.41) is 0. The normalized spacial score (nSPS) is 40.2. The molecule has 0 heterocycles. The lowest BCUT2D eigenvalue weighted by atomic mass is 9.87. The Morgan fingerprint density at radius 2 is 2.40 bits per heavy atom. The molecule has 1 aliphatic carbocycles. The largest absolute Gasteiger partial charge is 0.299 e. The molecule has 10 heavy (non-hydrogen) atoms. The van der Waals surface area contributed by atoms with Crippen LogP contribution in [0.5, 0.6) is 0 Å². The van der Waals surface area contributed by atoms with E-state index in [4.69, 9.17) is 0 Å².